The van der Waals surface area contributed by atoms with Crippen LogP contribution < -0.4 is 5.32 Å². The van der Waals surface area contributed by atoms with Gasteiger partial charge in [-0.2, -0.15) is 0 Å². The van der Waals surface area contributed by atoms with Gasteiger partial charge in [0.2, 0.25) is 0 Å². The highest BCUT2D eigenvalue weighted by molar-refractivity contribution is 7.18. The quantitative estimate of drug-likeness (QED) is 0.664. The summed E-state index contributed by atoms with van der Waals surface area (Å²) in [6.07, 6.45) is 3.09. The molecule has 0 saturated carbocycles. The van der Waals surface area contributed by atoms with Gasteiger partial charge in [-0.15, -0.1) is 22.7 Å². The monoisotopic (exact) mass is 372 g/mol. The lowest BCUT2D eigenvalue weighted by Gasteiger charge is -2.08. The van der Waals surface area contributed by atoms with Gasteiger partial charge >= 0.3 is 5.97 Å². The second-order valence-electron chi connectivity index (χ2n) is 5.13. The van der Waals surface area contributed by atoms with E-state index >= 15 is 0 Å². The summed E-state index contributed by atoms with van der Waals surface area (Å²) in [5, 5.41) is 5.28. The fourth-order valence-corrected chi connectivity index (χ4v) is 4.37. The number of amides is 1. The normalized spacial score (nSPS) is 10.5. The molecule has 0 spiro atoms. The van der Waals surface area contributed by atoms with Crippen molar-refractivity contribution in [3.63, 3.8) is 0 Å². The zero-order valence-electron chi connectivity index (χ0n) is 13.7. The highest BCUT2D eigenvalue weighted by atomic mass is 32.1. The minimum atomic E-state index is -0.434. The summed E-state index contributed by atoms with van der Waals surface area (Å²) in [4.78, 5) is 30.9. The van der Waals surface area contributed by atoms with Crippen LogP contribution in [-0.4, -0.2) is 23.5 Å². The van der Waals surface area contributed by atoms with E-state index in [1.807, 2.05) is 24.4 Å². The molecule has 0 aromatic carbocycles. The number of carbonyl (C=O) groups excluding carboxylic acids is 2. The summed E-state index contributed by atoms with van der Waals surface area (Å²) in [7, 11) is 0. The topological polar surface area (TPSA) is 68.3 Å². The van der Waals surface area contributed by atoms with E-state index in [9.17, 15) is 9.59 Å². The van der Waals surface area contributed by atoms with Crippen LogP contribution in [0.1, 0.15) is 32.5 Å². The standard InChI is InChI=1S/C18H16N2O3S2/c1-3-23-18(22)15-14(13-7-5-9-24-13)11(2)25-17(15)20-16(21)12-6-4-8-19-10-12/h4-10H,3H2,1-2H3,(H,20,21). The number of hydrogen-bond acceptors (Lipinski definition) is 6. The molecule has 0 aliphatic carbocycles. The Balaban J connectivity index is 2.03. The van der Waals surface area contributed by atoms with Crippen LogP contribution in [0.25, 0.3) is 10.4 Å². The predicted molar refractivity (Wildman–Crippen MR) is 101 cm³/mol. The van der Waals surface area contributed by atoms with E-state index in [1.54, 1.807) is 36.6 Å². The van der Waals surface area contributed by atoms with Gasteiger partial charge in [-0.1, -0.05) is 6.07 Å². The van der Waals surface area contributed by atoms with Gasteiger partial charge in [-0.05, 0) is 37.4 Å². The Morgan fingerprint density at radius 3 is 2.76 bits per heavy atom. The molecule has 0 bridgehead atoms. The number of esters is 1. The molecule has 3 aromatic heterocycles. The Bertz CT molecular complexity index is 887. The molecule has 0 unspecified atom stereocenters. The number of pyridine rings is 1. The Kier molecular flexibility index (Phi) is 5.25. The maximum Gasteiger partial charge on any atom is 0.341 e. The molecule has 128 valence electrons. The lowest BCUT2D eigenvalue weighted by Crippen LogP contribution is -2.14. The first-order valence-corrected chi connectivity index (χ1v) is 9.37. The Hall–Kier alpha value is -2.51. The van der Waals surface area contributed by atoms with Crippen molar-refractivity contribution in [2.24, 2.45) is 0 Å². The molecule has 0 aliphatic heterocycles. The molecule has 0 saturated heterocycles. The predicted octanol–water partition coefficient (Wildman–Crippen LogP) is 4.61. The average Bonchev–Trinajstić information content (AvgIpc) is 3.23. The van der Waals surface area contributed by atoms with Gasteiger partial charge in [0, 0.05) is 27.7 Å². The van der Waals surface area contributed by atoms with Crippen LogP contribution in [0.5, 0.6) is 0 Å². The molecule has 0 atom stereocenters. The molecular weight excluding hydrogens is 356 g/mol. The van der Waals surface area contributed by atoms with Crippen molar-refractivity contribution in [3.05, 3.63) is 58.0 Å². The zero-order chi connectivity index (χ0) is 17.8. The highest BCUT2D eigenvalue weighted by Gasteiger charge is 2.26. The van der Waals surface area contributed by atoms with Gasteiger partial charge in [0.25, 0.3) is 5.91 Å². The van der Waals surface area contributed by atoms with E-state index in [4.69, 9.17) is 4.74 Å². The Morgan fingerprint density at radius 2 is 2.12 bits per heavy atom. The lowest BCUT2D eigenvalue weighted by molar-refractivity contribution is 0.0529. The number of rotatable bonds is 5. The minimum absolute atomic E-state index is 0.271. The number of thiophene rings is 2. The third-order valence-corrected chi connectivity index (χ3v) is 5.39. The third-order valence-electron chi connectivity index (χ3n) is 3.48. The summed E-state index contributed by atoms with van der Waals surface area (Å²) >= 11 is 2.91. The van der Waals surface area contributed by atoms with Gasteiger partial charge < -0.3 is 10.1 Å². The van der Waals surface area contributed by atoms with Crippen molar-refractivity contribution in [3.8, 4) is 10.4 Å². The van der Waals surface area contributed by atoms with E-state index in [0.29, 0.717) is 16.1 Å². The summed E-state index contributed by atoms with van der Waals surface area (Å²) in [5.41, 5.74) is 1.66. The largest absolute Gasteiger partial charge is 0.462 e. The molecule has 7 heteroatoms. The molecule has 0 radical (unpaired) electrons. The number of anilines is 1. The molecule has 1 amide bonds. The molecule has 3 heterocycles. The molecule has 0 aliphatic rings. The summed E-state index contributed by atoms with van der Waals surface area (Å²) in [5.74, 6) is -0.741. The van der Waals surface area contributed by atoms with Crippen LogP contribution in [0.15, 0.2) is 42.0 Å². The van der Waals surface area contributed by atoms with Crippen LogP contribution in [0.3, 0.4) is 0 Å². The van der Waals surface area contributed by atoms with Crippen molar-refractivity contribution in [1.29, 1.82) is 0 Å². The fraction of sp³-hybridized carbons (Fsp3) is 0.167. The van der Waals surface area contributed by atoms with E-state index in [0.717, 1.165) is 15.3 Å². The maximum absolute atomic E-state index is 12.5. The third kappa shape index (κ3) is 3.62. The fourth-order valence-electron chi connectivity index (χ4n) is 2.42. The van der Waals surface area contributed by atoms with Crippen LogP contribution in [0.2, 0.25) is 0 Å². The summed E-state index contributed by atoms with van der Waals surface area (Å²) in [6, 6.07) is 7.25. The zero-order valence-corrected chi connectivity index (χ0v) is 15.4. The SMILES string of the molecule is CCOC(=O)c1c(NC(=O)c2cccnc2)sc(C)c1-c1cccs1. The molecule has 25 heavy (non-hydrogen) atoms. The van der Waals surface area contributed by atoms with Gasteiger partial charge in [0.1, 0.15) is 10.6 Å². The van der Waals surface area contributed by atoms with Crippen molar-refractivity contribution in [2.75, 3.05) is 11.9 Å². The van der Waals surface area contributed by atoms with Crippen molar-refractivity contribution in [1.82, 2.24) is 4.98 Å². The summed E-state index contributed by atoms with van der Waals surface area (Å²) in [6.45, 7) is 3.96. The van der Waals surface area contributed by atoms with E-state index in [1.165, 1.54) is 17.5 Å². The van der Waals surface area contributed by atoms with Crippen molar-refractivity contribution < 1.29 is 14.3 Å². The second-order valence-corrected chi connectivity index (χ2v) is 7.30. The van der Waals surface area contributed by atoms with Crippen molar-refractivity contribution >= 4 is 39.6 Å². The van der Waals surface area contributed by atoms with Gasteiger partial charge in [0.15, 0.2) is 0 Å². The Morgan fingerprint density at radius 1 is 1.28 bits per heavy atom. The maximum atomic E-state index is 12.5. The smallest absolute Gasteiger partial charge is 0.341 e. The number of ether oxygens (including phenoxy) is 1. The first-order valence-electron chi connectivity index (χ1n) is 7.67. The van der Waals surface area contributed by atoms with Crippen LogP contribution >= 0.6 is 22.7 Å². The van der Waals surface area contributed by atoms with Crippen LogP contribution in [0, 0.1) is 6.92 Å². The number of hydrogen-bond donors (Lipinski definition) is 1. The molecule has 3 aromatic rings. The first-order chi connectivity index (χ1) is 12.1. The first kappa shape index (κ1) is 17.3. The number of aryl methyl sites for hydroxylation is 1. The summed E-state index contributed by atoms with van der Waals surface area (Å²) < 4.78 is 5.22. The van der Waals surface area contributed by atoms with Gasteiger partial charge in [-0.3, -0.25) is 9.78 Å². The number of carbonyl (C=O) groups is 2. The average molecular weight is 372 g/mol. The van der Waals surface area contributed by atoms with Gasteiger partial charge in [-0.25, -0.2) is 4.79 Å². The highest BCUT2D eigenvalue weighted by Crippen LogP contribution is 2.42. The van der Waals surface area contributed by atoms with E-state index in [-0.39, 0.29) is 12.5 Å². The van der Waals surface area contributed by atoms with Gasteiger partial charge in [0.05, 0.1) is 12.2 Å². The van der Waals surface area contributed by atoms with E-state index < -0.39 is 5.97 Å². The molecule has 1 N–H and O–H groups in total. The molecular formula is C18H16N2O3S2. The number of nitrogens with zero attached hydrogens (tertiary/aromatic N) is 1. The lowest BCUT2D eigenvalue weighted by atomic mass is 10.1. The number of aromatic nitrogens is 1. The minimum Gasteiger partial charge on any atom is -0.462 e. The van der Waals surface area contributed by atoms with Crippen LogP contribution in [0.4, 0.5) is 5.00 Å². The second kappa shape index (κ2) is 7.58. The van der Waals surface area contributed by atoms with Crippen molar-refractivity contribution in [2.45, 2.75) is 13.8 Å². The Labute approximate surface area is 153 Å². The molecule has 5 nitrogen and oxygen atoms in total. The molecule has 3 rings (SSSR count). The van der Waals surface area contributed by atoms with Crippen LogP contribution in [-0.2, 0) is 4.74 Å². The molecule has 0 fully saturated rings. The number of nitrogens with one attached hydrogen (secondary N) is 1. The van der Waals surface area contributed by atoms with E-state index in [2.05, 4.69) is 10.3 Å².